The van der Waals surface area contributed by atoms with Crippen LogP contribution in [0.25, 0.3) is 65.3 Å². The maximum Gasteiger partial charge on any atom is 0.0717 e. The molecule has 4 N–H and O–H groups in total. The second-order valence-electron chi connectivity index (χ2n) is 16.1. The van der Waals surface area contributed by atoms with E-state index in [1.165, 1.54) is 98.7 Å². The fourth-order valence-corrected chi connectivity index (χ4v) is 9.69. The Balaban J connectivity index is 1.12. The minimum absolute atomic E-state index is 0.526. The molecular weight excluding hydrogens is 723 g/mol. The summed E-state index contributed by atoms with van der Waals surface area (Å²) in [5.74, 6) is 0. The number of nitrogens with zero attached hydrogens (tertiary/aromatic N) is 1. The van der Waals surface area contributed by atoms with Crippen LogP contribution in [0, 0.1) is 0 Å². The smallest absolute Gasteiger partial charge is 0.0717 e. The van der Waals surface area contributed by atoms with Crippen LogP contribution in [0.5, 0.6) is 0 Å². The second-order valence-corrected chi connectivity index (χ2v) is 16.1. The van der Waals surface area contributed by atoms with Crippen molar-refractivity contribution in [3.63, 3.8) is 0 Å². The lowest BCUT2D eigenvalue weighted by molar-refractivity contribution is 0.128. The van der Waals surface area contributed by atoms with Gasteiger partial charge in [0.15, 0.2) is 0 Å². The van der Waals surface area contributed by atoms with E-state index in [1.54, 1.807) is 0 Å². The molecule has 288 valence electrons. The number of hydrogen-bond donors (Lipinski definition) is 2. The summed E-state index contributed by atoms with van der Waals surface area (Å²) in [4.78, 5) is 2.40. The van der Waals surface area contributed by atoms with Crippen LogP contribution in [-0.2, 0) is 35.5 Å². The Kier molecular flexibility index (Phi) is 8.98. The van der Waals surface area contributed by atoms with Crippen molar-refractivity contribution in [1.29, 1.82) is 0 Å². The van der Waals surface area contributed by atoms with Gasteiger partial charge in [-0.15, -0.1) is 0 Å². The lowest BCUT2D eigenvalue weighted by atomic mass is 9.88. The third-order valence-corrected chi connectivity index (χ3v) is 12.4. The molecule has 9 aromatic carbocycles. The number of ether oxygens (including phenoxy) is 2. The molecule has 0 fully saturated rings. The molecule has 11 rings (SSSR count). The van der Waals surface area contributed by atoms with E-state index < -0.39 is 0 Å². The first-order valence-electron chi connectivity index (χ1n) is 20.8. The molecule has 0 bridgehead atoms. The summed E-state index contributed by atoms with van der Waals surface area (Å²) in [6.07, 6.45) is 1.81. The van der Waals surface area contributed by atoms with Gasteiger partial charge >= 0.3 is 0 Å². The number of rotatable bonds is 11. The van der Waals surface area contributed by atoms with Gasteiger partial charge < -0.3 is 25.8 Å². The van der Waals surface area contributed by atoms with E-state index >= 15 is 0 Å². The predicted molar refractivity (Wildman–Crippen MR) is 245 cm³/mol. The number of hydrogen-bond acceptors (Lipinski definition) is 5. The Morgan fingerprint density at radius 2 is 0.898 bits per heavy atom. The summed E-state index contributed by atoms with van der Waals surface area (Å²) in [7, 11) is 0. The molecule has 0 saturated carbocycles. The maximum absolute atomic E-state index is 5.83. The van der Waals surface area contributed by atoms with Gasteiger partial charge in [0.25, 0.3) is 0 Å². The number of nitrogens with two attached hydrogens (primary N) is 2. The van der Waals surface area contributed by atoms with Gasteiger partial charge in [-0.25, -0.2) is 0 Å². The van der Waals surface area contributed by atoms with E-state index in [4.69, 9.17) is 20.9 Å². The summed E-state index contributed by atoms with van der Waals surface area (Å²) in [5.41, 5.74) is 27.9. The minimum Gasteiger partial charge on any atom is -0.375 e. The normalized spacial score (nSPS) is 12.6. The maximum atomic E-state index is 5.83. The molecule has 5 nitrogen and oxygen atoms in total. The number of benzene rings is 9. The second kappa shape index (κ2) is 14.8. The van der Waals surface area contributed by atoms with Gasteiger partial charge in [-0.2, -0.15) is 0 Å². The van der Waals surface area contributed by atoms with Crippen LogP contribution in [0.2, 0.25) is 0 Å². The van der Waals surface area contributed by atoms with E-state index in [9.17, 15) is 0 Å². The van der Waals surface area contributed by atoms with Gasteiger partial charge in [-0.3, -0.25) is 0 Å². The van der Waals surface area contributed by atoms with Gasteiger partial charge in [-0.05, 0) is 172 Å². The zero-order chi connectivity index (χ0) is 39.5. The lowest BCUT2D eigenvalue weighted by Crippen LogP contribution is -2.09. The highest BCUT2D eigenvalue weighted by Crippen LogP contribution is 2.48. The molecule has 9 aromatic rings. The molecule has 0 heterocycles. The quantitative estimate of drug-likeness (QED) is 0.101. The average molecular weight is 768 g/mol. The molecule has 0 amide bonds. The van der Waals surface area contributed by atoms with Gasteiger partial charge in [0, 0.05) is 30.2 Å². The van der Waals surface area contributed by atoms with E-state index in [2.05, 4.69) is 157 Å². The summed E-state index contributed by atoms with van der Waals surface area (Å²) in [6, 6.07) is 56.8. The molecule has 0 spiro atoms. The van der Waals surface area contributed by atoms with E-state index in [0.717, 1.165) is 29.9 Å². The number of fused-ring (bicyclic) bond motifs is 13. The molecule has 59 heavy (non-hydrogen) atoms. The average Bonchev–Trinajstić information content (AvgIpc) is 3.82. The van der Waals surface area contributed by atoms with Crippen LogP contribution in [0.3, 0.4) is 0 Å². The Bertz CT molecular complexity index is 3100. The van der Waals surface area contributed by atoms with Crippen LogP contribution in [0.15, 0.2) is 152 Å². The molecule has 0 saturated heterocycles. The van der Waals surface area contributed by atoms with Crippen LogP contribution >= 0.6 is 0 Å². The van der Waals surface area contributed by atoms with Crippen LogP contribution in [0.4, 0.5) is 17.1 Å². The summed E-state index contributed by atoms with van der Waals surface area (Å²) >= 11 is 0. The van der Waals surface area contributed by atoms with Crippen molar-refractivity contribution < 1.29 is 9.47 Å². The lowest BCUT2D eigenvalue weighted by Gasteiger charge is -2.26. The molecule has 0 aromatic heterocycles. The van der Waals surface area contributed by atoms with Crippen molar-refractivity contribution in [2.24, 2.45) is 11.5 Å². The van der Waals surface area contributed by atoms with E-state index in [1.807, 2.05) is 0 Å². The Morgan fingerprint density at radius 1 is 0.390 bits per heavy atom. The molecule has 0 aliphatic heterocycles. The van der Waals surface area contributed by atoms with Crippen molar-refractivity contribution in [2.45, 2.75) is 26.1 Å². The predicted octanol–water partition coefficient (Wildman–Crippen LogP) is 11.9. The van der Waals surface area contributed by atoms with Crippen molar-refractivity contribution in [1.82, 2.24) is 0 Å². The summed E-state index contributed by atoms with van der Waals surface area (Å²) in [5, 5.41) is 10.1. The van der Waals surface area contributed by atoms with Crippen LogP contribution < -0.4 is 16.4 Å². The third kappa shape index (κ3) is 6.26. The van der Waals surface area contributed by atoms with Crippen LogP contribution in [-0.4, -0.2) is 26.3 Å². The topological polar surface area (TPSA) is 73.7 Å². The monoisotopic (exact) mass is 767 g/mol. The fourth-order valence-electron chi connectivity index (χ4n) is 9.69. The Morgan fingerprint density at radius 3 is 1.53 bits per heavy atom. The first-order valence-corrected chi connectivity index (χ1v) is 20.8. The number of anilines is 3. The molecule has 2 aliphatic rings. The van der Waals surface area contributed by atoms with Gasteiger partial charge in [0.05, 0.1) is 26.4 Å². The highest BCUT2D eigenvalue weighted by molar-refractivity contribution is 6.27. The highest BCUT2D eigenvalue weighted by atomic mass is 16.5. The van der Waals surface area contributed by atoms with Crippen molar-refractivity contribution in [3.8, 4) is 22.3 Å². The SMILES string of the molecule is NCCOCc1ccc2c(c1)Cc1cc3c4cc5c(cc4c4cc(N(c6ccccc6)c6ccc7ccccc7c6)ccc4c3cc1-2)-c1ccc(COCCN)cc1C5. The Hall–Kier alpha value is -6.34. The van der Waals surface area contributed by atoms with Crippen molar-refractivity contribution in [2.75, 3.05) is 31.2 Å². The first-order chi connectivity index (χ1) is 29.1. The highest BCUT2D eigenvalue weighted by Gasteiger charge is 2.25. The standard InChI is InChI=1S/C54H45N3O2/c55-18-20-58-32-34-10-15-45-38(22-34)24-40-27-50-51-28-41-25-39-23-35(33-59-21-19-56)11-16-46(39)49(41)31-54(51)52-29-44(14-17-47(52)53(50)30-48(40)45)57(42-8-2-1-3-9-42)43-13-12-36-6-4-5-7-37(36)26-43/h1-17,22-23,26-31H,18-21,24-25,32-33,55-56H2. The zero-order valence-electron chi connectivity index (χ0n) is 33.0. The van der Waals surface area contributed by atoms with Gasteiger partial charge in [0.1, 0.15) is 0 Å². The van der Waals surface area contributed by atoms with E-state index in [0.29, 0.717) is 39.5 Å². The molecule has 0 radical (unpaired) electrons. The Labute approximate surface area is 344 Å². The fraction of sp³-hybridized carbons (Fsp3) is 0.148. The minimum atomic E-state index is 0.526. The summed E-state index contributed by atoms with van der Waals surface area (Å²) in [6.45, 7) is 3.34. The molecule has 2 aliphatic carbocycles. The molecule has 0 atom stereocenters. The van der Waals surface area contributed by atoms with Crippen molar-refractivity contribution in [3.05, 3.63) is 185 Å². The number of para-hydroxylation sites is 1. The molecular formula is C54H45N3O2. The zero-order valence-corrected chi connectivity index (χ0v) is 33.0. The van der Waals surface area contributed by atoms with Gasteiger partial charge in [-0.1, -0.05) is 91.0 Å². The molecule has 5 heteroatoms. The largest absolute Gasteiger partial charge is 0.375 e. The van der Waals surface area contributed by atoms with Crippen molar-refractivity contribution >= 4 is 60.2 Å². The first kappa shape index (κ1) is 35.8. The van der Waals surface area contributed by atoms with Crippen LogP contribution in [0.1, 0.15) is 33.4 Å². The third-order valence-electron chi connectivity index (χ3n) is 12.4. The van der Waals surface area contributed by atoms with E-state index in [-0.39, 0.29) is 0 Å². The summed E-state index contributed by atoms with van der Waals surface area (Å²) < 4.78 is 11.6. The van der Waals surface area contributed by atoms with Gasteiger partial charge in [0.2, 0.25) is 0 Å². The molecule has 0 unspecified atom stereocenters.